The predicted octanol–water partition coefficient (Wildman–Crippen LogP) is 2.24. The molecule has 1 amide bonds. The number of nitrogens with one attached hydrogen (secondary N) is 2. The lowest BCUT2D eigenvalue weighted by atomic mass is 9.94. The molecule has 98 valence electrons. The molecule has 0 saturated heterocycles. The molecule has 0 bridgehead atoms. The molecule has 0 saturated carbocycles. The summed E-state index contributed by atoms with van der Waals surface area (Å²) in [5.41, 5.74) is 0. The normalized spacial score (nSPS) is 21.2. The van der Waals surface area contributed by atoms with Crippen LogP contribution in [0.5, 0.6) is 0 Å². The third kappa shape index (κ3) is 6.47. The number of amides is 1. The van der Waals surface area contributed by atoms with Gasteiger partial charge in [0.1, 0.15) is 0 Å². The van der Waals surface area contributed by atoms with Crippen LogP contribution in [0, 0.1) is 5.92 Å². The fourth-order valence-electron chi connectivity index (χ4n) is 2.26. The van der Waals surface area contributed by atoms with Crippen LogP contribution in [0.4, 0.5) is 0 Å². The zero-order chi connectivity index (χ0) is 12.5. The lowest BCUT2D eigenvalue weighted by Gasteiger charge is -2.18. The van der Waals surface area contributed by atoms with E-state index < -0.39 is 0 Å². The van der Waals surface area contributed by atoms with Gasteiger partial charge in [0.15, 0.2) is 0 Å². The molecule has 0 spiro atoms. The highest BCUT2D eigenvalue weighted by Gasteiger charge is 2.10. The number of rotatable bonds is 7. The first-order valence-electron chi connectivity index (χ1n) is 6.87. The Labute approximate surface area is 105 Å². The molecule has 1 aliphatic carbocycles. The minimum absolute atomic E-state index is 0.123. The molecule has 2 atom stereocenters. The van der Waals surface area contributed by atoms with E-state index in [1.807, 2.05) is 0 Å². The van der Waals surface area contributed by atoms with Crippen LogP contribution in [-0.4, -0.2) is 25.0 Å². The second-order valence-corrected chi connectivity index (χ2v) is 5.04. The van der Waals surface area contributed by atoms with Crippen molar-refractivity contribution in [1.82, 2.24) is 10.6 Å². The molecule has 1 rings (SSSR count). The quantitative estimate of drug-likeness (QED) is 0.668. The Morgan fingerprint density at radius 1 is 1.47 bits per heavy atom. The van der Waals surface area contributed by atoms with Gasteiger partial charge >= 0.3 is 0 Å². The zero-order valence-electron chi connectivity index (χ0n) is 11.2. The maximum absolute atomic E-state index is 11.6. The van der Waals surface area contributed by atoms with Crippen LogP contribution in [0.2, 0.25) is 0 Å². The van der Waals surface area contributed by atoms with E-state index in [9.17, 15) is 4.79 Å². The van der Waals surface area contributed by atoms with Gasteiger partial charge in [0, 0.05) is 6.04 Å². The molecule has 0 aliphatic heterocycles. The van der Waals surface area contributed by atoms with Crippen LogP contribution in [0.25, 0.3) is 0 Å². The highest BCUT2D eigenvalue weighted by atomic mass is 16.1. The SMILES string of the molecule is CCCC(C)NC(=O)CNCC1CC=CCC1. The van der Waals surface area contributed by atoms with Gasteiger partial charge < -0.3 is 10.6 Å². The molecule has 2 unspecified atom stereocenters. The van der Waals surface area contributed by atoms with Gasteiger partial charge in [-0.25, -0.2) is 0 Å². The third-order valence-electron chi connectivity index (χ3n) is 3.23. The van der Waals surface area contributed by atoms with Gasteiger partial charge in [-0.15, -0.1) is 0 Å². The van der Waals surface area contributed by atoms with E-state index >= 15 is 0 Å². The zero-order valence-corrected chi connectivity index (χ0v) is 11.2. The molecule has 3 nitrogen and oxygen atoms in total. The number of hydrogen-bond acceptors (Lipinski definition) is 2. The van der Waals surface area contributed by atoms with E-state index in [0.29, 0.717) is 18.5 Å². The first-order valence-corrected chi connectivity index (χ1v) is 6.87. The summed E-state index contributed by atoms with van der Waals surface area (Å²) in [6, 6.07) is 0.298. The van der Waals surface area contributed by atoms with E-state index in [1.165, 1.54) is 12.8 Å². The molecule has 17 heavy (non-hydrogen) atoms. The number of carbonyl (C=O) groups excluding carboxylic acids is 1. The molecule has 2 N–H and O–H groups in total. The van der Waals surface area contributed by atoms with Crippen LogP contribution < -0.4 is 10.6 Å². The summed E-state index contributed by atoms with van der Waals surface area (Å²) in [4.78, 5) is 11.6. The second-order valence-electron chi connectivity index (χ2n) is 5.04. The highest BCUT2D eigenvalue weighted by molar-refractivity contribution is 5.78. The smallest absolute Gasteiger partial charge is 0.234 e. The fourth-order valence-corrected chi connectivity index (χ4v) is 2.26. The van der Waals surface area contributed by atoms with Crippen LogP contribution in [0.15, 0.2) is 12.2 Å². The van der Waals surface area contributed by atoms with E-state index in [0.717, 1.165) is 25.8 Å². The highest BCUT2D eigenvalue weighted by Crippen LogP contribution is 2.16. The van der Waals surface area contributed by atoms with Crippen molar-refractivity contribution in [3.8, 4) is 0 Å². The van der Waals surface area contributed by atoms with E-state index in [1.54, 1.807) is 0 Å². The third-order valence-corrected chi connectivity index (χ3v) is 3.23. The van der Waals surface area contributed by atoms with Crippen molar-refractivity contribution in [3.05, 3.63) is 12.2 Å². The van der Waals surface area contributed by atoms with Crippen molar-refractivity contribution in [3.63, 3.8) is 0 Å². The first-order chi connectivity index (χ1) is 8.22. The molecular formula is C14H26N2O. The number of carbonyl (C=O) groups is 1. The average Bonchev–Trinajstić information content (AvgIpc) is 2.30. The van der Waals surface area contributed by atoms with Crippen molar-refractivity contribution >= 4 is 5.91 Å². The summed E-state index contributed by atoms with van der Waals surface area (Å²) in [5.74, 6) is 0.832. The van der Waals surface area contributed by atoms with Crippen molar-refractivity contribution in [2.45, 2.75) is 52.0 Å². The van der Waals surface area contributed by atoms with Gasteiger partial charge in [0.25, 0.3) is 0 Å². The molecule has 0 fully saturated rings. The lowest BCUT2D eigenvalue weighted by molar-refractivity contribution is -0.120. The van der Waals surface area contributed by atoms with Crippen molar-refractivity contribution in [1.29, 1.82) is 0 Å². The van der Waals surface area contributed by atoms with E-state index in [4.69, 9.17) is 0 Å². The van der Waals surface area contributed by atoms with Crippen molar-refractivity contribution in [2.75, 3.05) is 13.1 Å². The van der Waals surface area contributed by atoms with Crippen molar-refractivity contribution in [2.24, 2.45) is 5.92 Å². The monoisotopic (exact) mass is 238 g/mol. The summed E-state index contributed by atoms with van der Waals surface area (Å²) >= 11 is 0. The molecule has 0 heterocycles. The van der Waals surface area contributed by atoms with Crippen LogP contribution >= 0.6 is 0 Å². The summed E-state index contributed by atoms with van der Waals surface area (Å²) in [6.45, 7) is 5.61. The Hall–Kier alpha value is -0.830. The topological polar surface area (TPSA) is 41.1 Å². The molecule has 0 radical (unpaired) electrons. The first kappa shape index (κ1) is 14.2. The van der Waals surface area contributed by atoms with E-state index in [-0.39, 0.29) is 5.91 Å². The minimum Gasteiger partial charge on any atom is -0.353 e. The number of allylic oxidation sites excluding steroid dienone is 2. The summed E-state index contributed by atoms with van der Waals surface area (Å²) in [5, 5.41) is 6.26. The Morgan fingerprint density at radius 2 is 2.29 bits per heavy atom. The van der Waals surface area contributed by atoms with Gasteiger partial charge in [-0.1, -0.05) is 25.5 Å². The molecule has 0 aromatic carbocycles. The summed E-state index contributed by atoms with van der Waals surface area (Å²) in [7, 11) is 0. The summed E-state index contributed by atoms with van der Waals surface area (Å²) in [6.07, 6.45) is 10.3. The average molecular weight is 238 g/mol. The van der Waals surface area contributed by atoms with Gasteiger partial charge in [-0.05, 0) is 45.1 Å². The summed E-state index contributed by atoms with van der Waals surface area (Å²) < 4.78 is 0. The van der Waals surface area contributed by atoms with Crippen molar-refractivity contribution < 1.29 is 4.79 Å². The van der Waals surface area contributed by atoms with E-state index in [2.05, 4.69) is 36.6 Å². The predicted molar refractivity (Wildman–Crippen MR) is 71.9 cm³/mol. The van der Waals surface area contributed by atoms with Gasteiger partial charge in [-0.2, -0.15) is 0 Å². The maximum Gasteiger partial charge on any atom is 0.234 e. The Morgan fingerprint density at radius 3 is 2.94 bits per heavy atom. The fraction of sp³-hybridized carbons (Fsp3) is 0.786. The second kappa shape index (κ2) is 8.29. The molecule has 1 aliphatic rings. The maximum atomic E-state index is 11.6. The standard InChI is InChI=1S/C14H26N2O/c1-3-7-12(2)16-14(17)11-15-10-13-8-5-4-6-9-13/h4-5,12-13,15H,3,6-11H2,1-2H3,(H,16,17). The largest absolute Gasteiger partial charge is 0.353 e. The molecule has 0 aromatic rings. The molecule has 3 heteroatoms. The Bertz CT molecular complexity index is 251. The van der Waals surface area contributed by atoms with Gasteiger partial charge in [0.05, 0.1) is 6.54 Å². The Balaban J connectivity index is 2.05. The molecule has 0 aromatic heterocycles. The lowest BCUT2D eigenvalue weighted by Crippen LogP contribution is -2.40. The van der Waals surface area contributed by atoms with Gasteiger partial charge in [0.2, 0.25) is 5.91 Å². The van der Waals surface area contributed by atoms with Gasteiger partial charge in [-0.3, -0.25) is 4.79 Å². The van der Waals surface area contributed by atoms with Crippen LogP contribution in [0.1, 0.15) is 46.0 Å². The van der Waals surface area contributed by atoms with Crippen LogP contribution in [-0.2, 0) is 4.79 Å². The molecular weight excluding hydrogens is 212 g/mol. The number of hydrogen-bond donors (Lipinski definition) is 2. The minimum atomic E-state index is 0.123. The van der Waals surface area contributed by atoms with Crippen LogP contribution in [0.3, 0.4) is 0 Å². The Kier molecular flexibility index (Phi) is 6.94.